The van der Waals surface area contributed by atoms with Crippen LogP contribution in [0.4, 0.5) is 17.6 Å². The highest BCUT2D eigenvalue weighted by molar-refractivity contribution is 7.90. The van der Waals surface area contributed by atoms with E-state index in [2.05, 4.69) is 5.32 Å². The van der Waals surface area contributed by atoms with Crippen LogP contribution in [0.15, 0.2) is 18.2 Å². The van der Waals surface area contributed by atoms with Gasteiger partial charge in [-0.15, -0.1) is 0 Å². The zero-order valence-corrected chi connectivity index (χ0v) is 16.3. The second-order valence-corrected chi connectivity index (χ2v) is 8.69. The maximum atomic E-state index is 13.3. The number of carbonyl (C=O) groups is 1. The molecule has 0 saturated carbocycles. The first-order valence-electron chi connectivity index (χ1n) is 8.50. The van der Waals surface area contributed by atoms with Crippen molar-refractivity contribution in [3.05, 3.63) is 34.6 Å². The molecule has 0 atom stereocenters. The van der Waals surface area contributed by atoms with Crippen LogP contribution in [-0.4, -0.2) is 57.5 Å². The topological polar surface area (TPSA) is 78.5 Å². The zero-order valence-electron chi connectivity index (χ0n) is 14.7. The van der Waals surface area contributed by atoms with Crippen LogP contribution in [0.2, 0.25) is 5.02 Å². The van der Waals surface area contributed by atoms with Crippen molar-refractivity contribution < 1.29 is 30.8 Å². The summed E-state index contributed by atoms with van der Waals surface area (Å²) in [5.74, 6) is -0.881. The molecule has 1 aliphatic rings. The largest absolute Gasteiger partial charge is 0.511 e. The molecular weight excluding hydrogens is 426 g/mol. The molecule has 1 aromatic carbocycles. The summed E-state index contributed by atoms with van der Waals surface area (Å²) in [4.78, 5) is 13.9. The summed E-state index contributed by atoms with van der Waals surface area (Å²) in [5.41, 5.74) is -5.19. The fraction of sp³-hybridized carbons (Fsp3) is 0.562. The number of likely N-dealkylation sites (tertiary alicyclic amines) is 1. The molecule has 1 saturated heterocycles. The molecule has 2 rings (SSSR count). The molecule has 2 N–H and O–H groups in total. The minimum absolute atomic E-state index is 0.124. The van der Waals surface area contributed by atoms with E-state index in [1.165, 1.54) is 10.8 Å². The van der Waals surface area contributed by atoms with Gasteiger partial charge in [0, 0.05) is 30.2 Å². The number of piperidine rings is 1. The first-order chi connectivity index (χ1) is 13.0. The number of hydrogen-bond donors (Lipinski definition) is 2. The van der Waals surface area contributed by atoms with Crippen molar-refractivity contribution in [2.24, 2.45) is 5.92 Å². The highest BCUT2D eigenvalue weighted by atomic mass is 35.5. The average molecular weight is 446 g/mol. The lowest BCUT2D eigenvalue weighted by molar-refractivity contribution is -0.0448. The van der Waals surface area contributed by atoms with Crippen molar-refractivity contribution in [1.29, 1.82) is 0 Å². The Labute approximate surface area is 165 Å². The lowest BCUT2D eigenvalue weighted by Crippen LogP contribution is -2.44. The van der Waals surface area contributed by atoms with Gasteiger partial charge in [0.2, 0.25) is 0 Å². The van der Waals surface area contributed by atoms with Crippen LogP contribution in [0.3, 0.4) is 0 Å². The summed E-state index contributed by atoms with van der Waals surface area (Å²) in [6.45, 7) is 1.35. The second-order valence-electron chi connectivity index (χ2n) is 6.50. The Morgan fingerprint density at radius 2 is 1.86 bits per heavy atom. The SMILES string of the molecule is O=C(NCC1CCN(CCNS(=O)(=O)C(F)(F)F)CC1)c1cc(F)cc(Cl)c1. The Bertz CT molecular complexity index is 777. The Balaban J connectivity index is 1.70. The van der Waals surface area contributed by atoms with Crippen LogP contribution in [0.1, 0.15) is 23.2 Å². The third-order valence-corrected chi connectivity index (χ3v) is 5.82. The van der Waals surface area contributed by atoms with Crippen LogP contribution < -0.4 is 10.0 Å². The van der Waals surface area contributed by atoms with Gasteiger partial charge in [-0.1, -0.05) is 11.6 Å². The molecule has 6 nitrogen and oxygen atoms in total. The van der Waals surface area contributed by atoms with Gasteiger partial charge >= 0.3 is 15.5 Å². The Morgan fingerprint density at radius 3 is 2.43 bits per heavy atom. The maximum absolute atomic E-state index is 13.3. The molecule has 1 amide bonds. The summed E-state index contributed by atoms with van der Waals surface area (Å²) < 4.78 is 73.4. The number of alkyl halides is 3. The summed E-state index contributed by atoms with van der Waals surface area (Å²) in [6, 6.07) is 3.55. The molecule has 0 radical (unpaired) electrons. The van der Waals surface area contributed by atoms with E-state index in [0.29, 0.717) is 32.5 Å². The van der Waals surface area contributed by atoms with Gasteiger partial charge in [-0.05, 0) is 50.0 Å². The van der Waals surface area contributed by atoms with E-state index in [-0.39, 0.29) is 29.6 Å². The highest BCUT2D eigenvalue weighted by Gasteiger charge is 2.45. The summed E-state index contributed by atoms with van der Waals surface area (Å²) in [7, 11) is -5.32. The molecule has 1 fully saturated rings. The van der Waals surface area contributed by atoms with Crippen LogP contribution in [0, 0.1) is 11.7 Å². The van der Waals surface area contributed by atoms with E-state index >= 15 is 0 Å². The van der Waals surface area contributed by atoms with Crippen molar-refractivity contribution in [2.75, 3.05) is 32.7 Å². The van der Waals surface area contributed by atoms with Gasteiger partial charge in [0.15, 0.2) is 0 Å². The average Bonchev–Trinajstić information content (AvgIpc) is 2.59. The Morgan fingerprint density at radius 1 is 1.21 bits per heavy atom. The van der Waals surface area contributed by atoms with E-state index in [0.717, 1.165) is 12.1 Å². The summed E-state index contributed by atoms with van der Waals surface area (Å²) in [5, 5.41) is 2.84. The standard InChI is InChI=1S/C16H20ClF4N3O3S/c17-13-7-12(8-14(18)9-13)15(25)22-10-11-1-4-24(5-2-11)6-3-23-28(26,27)16(19,20)21/h7-9,11,23H,1-6,10H2,(H,22,25). The highest BCUT2D eigenvalue weighted by Crippen LogP contribution is 2.21. The number of nitrogens with one attached hydrogen (secondary N) is 2. The first-order valence-corrected chi connectivity index (χ1v) is 10.4. The number of hydrogen-bond acceptors (Lipinski definition) is 4. The van der Waals surface area contributed by atoms with E-state index < -0.39 is 27.3 Å². The number of rotatable bonds is 7. The van der Waals surface area contributed by atoms with E-state index in [1.807, 2.05) is 4.90 Å². The number of amides is 1. The predicted octanol–water partition coefficient (Wildman–Crippen LogP) is 2.36. The minimum Gasteiger partial charge on any atom is -0.352 e. The molecule has 0 bridgehead atoms. The molecule has 158 valence electrons. The molecule has 0 aliphatic carbocycles. The summed E-state index contributed by atoms with van der Waals surface area (Å²) in [6.07, 6.45) is 1.38. The van der Waals surface area contributed by atoms with Gasteiger partial charge in [-0.3, -0.25) is 4.79 Å². The molecule has 1 aromatic rings. The molecular formula is C16H20ClF4N3O3S. The Kier molecular flexibility index (Phi) is 7.66. The smallest absolute Gasteiger partial charge is 0.352 e. The first kappa shape index (κ1) is 22.9. The lowest BCUT2D eigenvalue weighted by Gasteiger charge is -2.32. The number of benzene rings is 1. The fourth-order valence-electron chi connectivity index (χ4n) is 2.86. The van der Waals surface area contributed by atoms with E-state index in [9.17, 15) is 30.8 Å². The number of sulfonamides is 1. The van der Waals surface area contributed by atoms with Crippen molar-refractivity contribution in [3.63, 3.8) is 0 Å². The van der Waals surface area contributed by atoms with Gasteiger partial charge in [0.05, 0.1) is 0 Å². The van der Waals surface area contributed by atoms with Gasteiger partial charge in [0.1, 0.15) is 5.82 Å². The van der Waals surface area contributed by atoms with Crippen LogP contribution >= 0.6 is 11.6 Å². The normalized spacial score (nSPS) is 16.9. The van der Waals surface area contributed by atoms with Crippen molar-refractivity contribution in [2.45, 2.75) is 18.3 Å². The Hall–Kier alpha value is -1.43. The van der Waals surface area contributed by atoms with Crippen molar-refractivity contribution in [1.82, 2.24) is 14.9 Å². The third-order valence-electron chi connectivity index (χ3n) is 4.41. The third kappa shape index (κ3) is 6.57. The quantitative estimate of drug-likeness (QED) is 0.632. The van der Waals surface area contributed by atoms with Gasteiger partial charge in [-0.2, -0.15) is 13.2 Å². The fourth-order valence-corrected chi connectivity index (χ4v) is 3.60. The maximum Gasteiger partial charge on any atom is 0.511 e. The van der Waals surface area contributed by atoms with E-state index in [4.69, 9.17) is 11.6 Å². The monoisotopic (exact) mass is 445 g/mol. The van der Waals surface area contributed by atoms with Crippen molar-refractivity contribution in [3.8, 4) is 0 Å². The van der Waals surface area contributed by atoms with E-state index in [1.54, 1.807) is 0 Å². The molecule has 0 unspecified atom stereocenters. The molecule has 28 heavy (non-hydrogen) atoms. The minimum atomic E-state index is -5.32. The number of carbonyl (C=O) groups excluding carboxylic acids is 1. The van der Waals surface area contributed by atoms with Gasteiger partial charge < -0.3 is 10.2 Å². The van der Waals surface area contributed by atoms with Crippen molar-refractivity contribution >= 4 is 27.5 Å². The molecule has 1 aliphatic heterocycles. The number of halogens is 5. The molecule has 1 heterocycles. The van der Waals surface area contributed by atoms with Gasteiger partial charge in [-0.25, -0.2) is 17.5 Å². The molecule has 0 spiro atoms. The van der Waals surface area contributed by atoms with Crippen LogP contribution in [0.25, 0.3) is 0 Å². The van der Waals surface area contributed by atoms with Gasteiger partial charge in [0.25, 0.3) is 5.91 Å². The van der Waals surface area contributed by atoms with Crippen LogP contribution in [-0.2, 0) is 10.0 Å². The second kappa shape index (κ2) is 9.38. The predicted molar refractivity (Wildman–Crippen MR) is 95.9 cm³/mol. The lowest BCUT2D eigenvalue weighted by atomic mass is 9.96. The summed E-state index contributed by atoms with van der Waals surface area (Å²) >= 11 is 5.72. The number of nitrogens with zero attached hydrogens (tertiary/aromatic N) is 1. The van der Waals surface area contributed by atoms with Crippen LogP contribution in [0.5, 0.6) is 0 Å². The molecule has 12 heteroatoms. The molecule has 0 aromatic heterocycles. The zero-order chi connectivity index (χ0) is 20.9.